The Kier molecular flexibility index (Phi) is 9.33. The molecule has 5 heterocycles. The number of aromatic amines is 1. The molecule has 1 aromatic heterocycles. The number of aliphatic imine (C=N–C) groups is 1. The Morgan fingerprint density at radius 3 is 2.60 bits per heavy atom. The van der Waals surface area contributed by atoms with E-state index >= 15 is 0 Å². The summed E-state index contributed by atoms with van der Waals surface area (Å²) in [6.07, 6.45) is 5.05. The van der Waals surface area contributed by atoms with Crippen LogP contribution in [0.25, 0.3) is 33.2 Å². The van der Waals surface area contributed by atoms with Gasteiger partial charge in [-0.3, -0.25) is 14.7 Å². The second-order valence-corrected chi connectivity index (χ2v) is 16.6. The van der Waals surface area contributed by atoms with Crippen molar-refractivity contribution in [1.82, 2.24) is 25.1 Å². The number of carbonyl (C=O) groups is 3. The topological polar surface area (TPSA) is 138 Å². The molecule has 12 heteroatoms. The molecule has 0 saturated carbocycles. The number of ether oxygens (including phenoxy) is 3. The number of methoxy groups -OCH3 is 1. The van der Waals surface area contributed by atoms with Gasteiger partial charge < -0.3 is 29.4 Å². The van der Waals surface area contributed by atoms with Gasteiger partial charge in [0.15, 0.2) is 0 Å². The number of amides is 3. The lowest BCUT2D eigenvalue weighted by molar-refractivity contribution is -0.137. The molecular formula is C43H50N6O6. The van der Waals surface area contributed by atoms with E-state index in [2.05, 4.69) is 52.8 Å². The summed E-state index contributed by atoms with van der Waals surface area (Å²) in [5.74, 6) is 1.32. The number of imidazole rings is 1. The predicted octanol–water partition coefficient (Wildman–Crippen LogP) is 8.25. The SMILES string of the molecule is COC(=O)N[C@H](C(=O)N1[C@@H](C)CC[C@H]1c1ncc(-c2ccc3c(c2)COc2cc4c5c(ccc4cc2-3)N=C([C@@H]2CCCN2C(=O)OC(C)(C)C)C5)[nH]1)C(C)C. The monoisotopic (exact) mass is 746 g/mol. The van der Waals surface area contributed by atoms with E-state index in [1.807, 2.05) is 57.5 Å². The van der Waals surface area contributed by atoms with Gasteiger partial charge in [-0.05, 0) is 117 Å². The molecule has 12 nitrogen and oxygen atoms in total. The van der Waals surface area contributed by atoms with E-state index in [4.69, 9.17) is 24.2 Å². The molecule has 0 aliphatic carbocycles. The van der Waals surface area contributed by atoms with Crippen LogP contribution in [0.5, 0.6) is 5.75 Å². The summed E-state index contributed by atoms with van der Waals surface area (Å²) in [7, 11) is 1.30. The van der Waals surface area contributed by atoms with Crippen LogP contribution in [0.3, 0.4) is 0 Å². The molecule has 2 N–H and O–H groups in total. The highest BCUT2D eigenvalue weighted by Crippen LogP contribution is 2.45. The molecule has 0 unspecified atom stereocenters. The molecule has 288 valence electrons. The van der Waals surface area contributed by atoms with Gasteiger partial charge in [-0.2, -0.15) is 0 Å². The van der Waals surface area contributed by atoms with Crippen LogP contribution in [0, 0.1) is 5.92 Å². The molecule has 2 saturated heterocycles. The van der Waals surface area contributed by atoms with Gasteiger partial charge in [0.2, 0.25) is 5.91 Å². The number of H-pyrrole nitrogens is 1. The molecule has 2 fully saturated rings. The highest BCUT2D eigenvalue weighted by molar-refractivity contribution is 6.06. The number of nitrogens with zero attached hydrogens (tertiary/aromatic N) is 4. The van der Waals surface area contributed by atoms with E-state index in [-0.39, 0.29) is 36.0 Å². The van der Waals surface area contributed by atoms with Crippen molar-refractivity contribution in [2.24, 2.45) is 10.9 Å². The second-order valence-electron chi connectivity index (χ2n) is 16.6. The van der Waals surface area contributed by atoms with E-state index in [0.717, 1.165) is 87.4 Å². The van der Waals surface area contributed by atoms with Crippen LogP contribution in [0.15, 0.2) is 53.7 Å². The largest absolute Gasteiger partial charge is 0.488 e. The van der Waals surface area contributed by atoms with Crippen LogP contribution in [0.2, 0.25) is 0 Å². The molecule has 0 radical (unpaired) electrons. The molecular weight excluding hydrogens is 697 g/mol. The molecule has 55 heavy (non-hydrogen) atoms. The van der Waals surface area contributed by atoms with Crippen LogP contribution >= 0.6 is 0 Å². The third-order valence-corrected chi connectivity index (χ3v) is 11.4. The van der Waals surface area contributed by atoms with Gasteiger partial charge >= 0.3 is 12.2 Å². The Labute approximate surface area is 321 Å². The van der Waals surface area contributed by atoms with Crippen molar-refractivity contribution in [2.75, 3.05) is 13.7 Å². The van der Waals surface area contributed by atoms with Gasteiger partial charge in [0.25, 0.3) is 0 Å². The van der Waals surface area contributed by atoms with Gasteiger partial charge in [-0.1, -0.05) is 32.0 Å². The maximum atomic E-state index is 13.8. The van der Waals surface area contributed by atoms with E-state index < -0.39 is 17.7 Å². The number of benzene rings is 3. The van der Waals surface area contributed by atoms with Gasteiger partial charge in [0.05, 0.1) is 36.8 Å². The Morgan fingerprint density at radius 1 is 1.02 bits per heavy atom. The summed E-state index contributed by atoms with van der Waals surface area (Å²) < 4.78 is 17.0. The number of alkyl carbamates (subject to hydrolysis) is 1. The minimum Gasteiger partial charge on any atom is -0.488 e. The summed E-state index contributed by atoms with van der Waals surface area (Å²) in [5, 5.41) is 4.97. The van der Waals surface area contributed by atoms with E-state index in [0.29, 0.717) is 19.6 Å². The van der Waals surface area contributed by atoms with Crippen molar-refractivity contribution < 1.29 is 28.6 Å². The van der Waals surface area contributed by atoms with Crippen molar-refractivity contribution in [1.29, 1.82) is 0 Å². The van der Waals surface area contributed by atoms with Crippen LogP contribution in [-0.2, 0) is 27.3 Å². The highest BCUT2D eigenvalue weighted by Gasteiger charge is 2.41. The fourth-order valence-corrected chi connectivity index (χ4v) is 8.68. The minimum absolute atomic E-state index is 0.00115. The standard InChI is InChI=1S/C43H50N6O6/c1-23(2)38(47-41(51)53-7)40(50)49-24(3)10-15-36(49)39-44-21-34(46-39)26-11-13-28-27(17-26)22-54-37-20-29-25(18-31(28)37)12-14-32-30(29)19-33(45-32)35-9-8-16-48(35)42(52)55-43(4,5)6/h11-14,17-18,20-21,23-24,35-36,38H,8-10,15-16,19,22H2,1-7H3,(H,44,46)(H,47,51)/t24-,35-,36-,38-/m0/s1. The molecule has 4 atom stereocenters. The molecule has 0 bridgehead atoms. The number of carbonyl (C=O) groups excluding carboxylic acids is 3. The van der Waals surface area contributed by atoms with Gasteiger partial charge in [0.1, 0.15) is 29.8 Å². The molecule has 8 rings (SSSR count). The molecule has 3 amide bonds. The third-order valence-electron chi connectivity index (χ3n) is 11.4. The number of aromatic nitrogens is 2. The summed E-state index contributed by atoms with van der Waals surface area (Å²) in [6, 6.07) is 14.0. The zero-order valence-corrected chi connectivity index (χ0v) is 32.7. The van der Waals surface area contributed by atoms with Crippen molar-refractivity contribution in [2.45, 2.75) is 110 Å². The molecule has 4 aliphatic heterocycles. The zero-order chi connectivity index (χ0) is 38.8. The molecule has 4 aliphatic rings. The second kappa shape index (κ2) is 14.0. The van der Waals surface area contributed by atoms with Crippen molar-refractivity contribution >= 4 is 40.3 Å². The lowest BCUT2D eigenvalue weighted by Crippen LogP contribution is -2.52. The maximum Gasteiger partial charge on any atom is 0.410 e. The Balaban J connectivity index is 1.02. The van der Waals surface area contributed by atoms with Crippen molar-refractivity contribution in [3.63, 3.8) is 0 Å². The normalized spacial score (nSPS) is 20.8. The van der Waals surface area contributed by atoms with Crippen LogP contribution in [0.4, 0.5) is 15.3 Å². The Morgan fingerprint density at radius 2 is 1.84 bits per heavy atom. The number of nitrogens with one attached hydrogen (secondary N) is 2. The number of fused-ring (bicyclic) bond motifs is 6. The number of likely N-dealkylation sites (tertiary alicyclic amines) is 2. The maximum absolute atomic E-state index is 13.8. The summed E-state index contributed by atoms with van der Waals surface area (Å²) in [6.45, 7) is 12.7. The number of hydrogen-bond acceptors (Lipinski definition) is 8. The van der Waals surface area contributed by atoms with E-state index in [1.165, 1.54) is 12.7 Å². The van der Waals surface area contributed by atoms with Gasteiger partial charge in [0, 0.05) is 30.3 Å². The lowest BCUT2D eigenvalue weighted by atomic mass is 9.91. The quantitative estimate of drug-likeness (QED) is 0.203. The van der Waals surface area contributed by atoms with Gasteiger partial charge in [-0.25, -0.2) is 14.6 Å². The fourth-order valence-electron chi connectivity index (χ4n) is 8.68. The van der Waals surface area contributed by atoms with Crippen molar-refractivity contribution in [3.8, 4) is 28.1 Å². The van der Waals surface area contributed by atoms with Gasteiger partial charge in [-0.15, -0.1) is 0 Å². The first-order valence-corrected chi connectivity index (χ1v) is 19.4. The number of rotatable bonds is 6. The van der Waals surface area contributed by atoms with Crippen LogP contribution < -0.4 is 10.1 Å². The summed E-state index contributed by atoms with van der Waals surface area (Å²) in [4.78, 5) is 56.0. The molecule has 4 aromatic rings. The first-order chi connectivity index (χ1) is 26.3. The average Bonchev–Trinajstić information content (AvgIpc) is 3.97. The summed E-state index contributed by atoms with van der Waals surface area (Å²) in [5.41, 5.74) is 7.69. The molecule has 0 spiro atoms. The van der Waals surface area contributed by atoms with E-state index in [9.17, 15) is 14.4 Å². The third kappa shape index (κ3) is 6.80. The first kappa shape index (κ1) is 36.6. The predicted molar refractivity (Wildman–Crippen MR) is 211 cm³/mol. The molecule has 3 aromatic carbocycles. The van der Waals surface area contributed by atoms with Crippen molar-refractivity contribution in [3.05, 3.63) is 65.6 Å². The fraction of sp³-hybridized carbons (Fsp3) is 0.465. The Bertz CT molecular complexity index is 2220. The smallest absolute Gasteiger partial charge is 0.410 e. The van der Waals surface area contributed by atoms with E-state index in [1.54, 1.807) is 0 Å². The van der Waals surface area contributed by atoms with Crippen LogP contribution in [0.1, 0.15) is 90.2 Å². The minimum atomic E-state index is -0.703. The average molecular weight is 747 g/mol. The first-order valence-electron chi connectivity index (χ1n) is 19.4. The van der Waals surface area contributed by atoms with Crippen LogP contribution in [-0.4, -0.2) is 81.0 Å². The Hall–Kier alpha value is -5.39. The number of hydrogen-bond donors (Lipinski definition) is 2. The zero-order valence-electron chi connectivity index (χ0n) is 32.7. The lowest BCUT2D eigenvalue weighted by Gasteiger charge is -2.32. The summed E-state index contributed by atoms with van der Waals surface area (Å²) >= 11 is 0. The highest BCUT2D eigenvalue weighted by atomic mass is 16.6.